The number of likely N-dealkylation sites (N-methyl/N-ethyl adjacent to an activating group) is 1. The Labute approximate surface area is 93.0 Å². The lowest BCUT2D eigenvalue weighted by Gasteiger charge is -2.28. The summed E-state index contributed by atoms with van der Waals surface area (Å²) in [5.74, 6) is 0.773. The van der Waals surface area contributed by atoms with E-state index in [1.54, 1.807) is 0 Å². The van der Waals surface area contributed by atoms with Crippen molar-refractivity contribution in [2.24, 2.45) is 11.7 Å². The fourth-order valence-corrected chi connectivity index (χ4v) is 2.89. The van der Waals surface area contributed by atoms with Crippen LogP contribution in [0, 0.1) is 5.92 Å². The van der Waals surface area contributed by atoms with E-state index in [-0.39, 0.29) is 0 Å². The second-order valence-electron chi connectivity index (χ2n) is 5.17. The molecular weight excluding hydrogens is 188 g/mol. The van der Waals surface area contributed by atoms with Gasteiger partial charge in [-0.2, -0.15) is 0 Å². The van der Waals surface area contributed by atoms with Crippen molar-refractivity contribution >= 4 is 0 Å². The Morgan fingerprint density at radius 2 is 2.07 bits per heavy atom. The van der Waals surface area contributed by atoms with Crippen LogP contribution in [0.1, 0.15) is 32.1 Å². The van der Waals surface area contributed by atoms with Gasteiger partial charge >= 0.3 is 0 Å². The summed E-state index contributed by atoms with van der Waals surface area (Å²) in [5.41, 5.74) is 6.27. The van der Waals surface area contributed by atoms with Gasteiger partial charge in [0.2, 0.25) is 0 Å². The molecule has 88 valence electrons. The number of nitrogens with two attached hydrogens (primary N) is 1. The van der Waals surface area contributed by atoms with Gasteiger partial charge in [0, 0.05) is 25.2 Å². The summed E-state index contributed by atoms with van der Waals surface area (Å²) >= 11 is 0. The average Bonchev–Trinajstić information content (AvgIpc) is 2.91. The predicted octanol–water partition coefficient (Wildman–Crippen LogP) is 1.22. The molecule has 2 unspecified atom stereocenters. The second-order valence-corrected chi connectivity index (χ2v) is 5.17. The van der Waals surface area contributed by atoms with E-state index in [0.717, 1.165) is 25.7 Å². The van der Waals surface area contributed by atoms with Crippen LogP contribution < -0.4 is 5.73 Å². The predicted molar refractivity (Wildman–Crippen MR) is 61.8 cm³/mol. The largest absolute Gasteiger partial charge is 0.380 e. The normalized spacial score (nSPS) is 30.2. The molecule has 0 spiro atoms. The Morgan fingerprint density at radius 1 is 1.33 bits per heavy atom. The van der Waals surface area contributed by atoms with Crippen LogP contribution in [-0.4, -0.2) is 43.8 Å². The Kier molecular flexibility index (Phi) is 4.00. The molecule has 0 amide bonds. The van der Waals surface area contributed by atoms with E-state index in [2.05, 4.69) is 11.9 Å². The third-order valence-corrected chi connectivity index (χ3v) is 4.03. The van der Waals surface area contributed by atoms with Gasteiger partial charge in [0.1, 0.15) is 0 Å². The van der Waals surface area contributed by atoms with Crippen molar-refractivity contribution in [2.45, 2.75) is 44.2 Å². The van der Waals surface area contributed by atoms with Gasteiger partial charge in [-0.15, -0.1) is 0 Å². The molecule has 0 aromatic rings. The second kappa shape index (κ2) is 5.28. The van der Waals surface area contributed by atoms with Crippen molar-refractivity contribution in [3.05, 3.63) is 0 Å². The quantitative estimate of drug-likeness (QED) is 0.761. The topological polar surface area (TPSA) is 38.5 Å². The minimum atomic E-state index is 0.373. The third kappa shape index (κ3) is 2.92. The molecule has 0 aromatic carbocycles. The summed E-state index contributed by atoms with van der Waals surface area (Å²) in [5, 5.41) is 0. The lowest BCUT2D eigenvalue weighted by molar-refractivity contribution is 0.150. The molecule has 1 saturated carbocycles. The standard InChI is InChI=1S/C12H24N2O/c1-14(11-6-7-15-9-11)8-12(13)10-4-2-3-5-10/h10-12H,2-9,13H2,1H3. The maximum Gasteiger partial charge on any atom is 0.0622 e. The molecule has 1 aliphatic heterocycles. The Morgan fingerprint density at radius 3 is 2.67 bits per heavy atom. The van der Waals surface area contributed by atoms with Crippen molar-refractivity contribution in [1.82, 2.24) is 4.90 Å². The first-order valence-corrected chi connectivity index (χ1v) is 6.31. The van der Waals surface area contributed by atoms with Crippen molar-refractivity contribution in [3.63, 3.8) is 0 Å². The molecule has 2 aliphatic rings. The Balaban J connectivity index is 1.74. The molecule has 15 heavy (non-hydrogen) atoms. The molecule has 2 N–H and O–H groups in total. The van der Waals surface area contributed by atoms with Crippen molar-refractivity contribution in [3.8, 4) is 0 Å². The van der Waals surface area contributed by atoms with Crippen LogP contribution in [0.2, 0.25) is 0 Å². The lowest BCUT2D eigenvalue weighted by atomic mass is 9.98. The first-order valence-electron chi connectivity index (χ1n) is 6.31. The average molecular weight is 212 g/mol. The van der Waals surface area contributed by atoms with Crippen LogP contribution in [-0.2, 0) is 4.74 Å². The SMILES string of the molecule is CN(CC(N)C1CCCC1)C1CCOC1. The highest BCUT2D eigenvalue weighted by molar-refractivity contribution is 4.82. The Bertz CT molecular complexity index is 166. The van der Waals surface area contributed by atoms with Gasteiger partial charge in [0.25, 0.3) is 0 Å². The van der Waals surface area contributed by atoms with Crippen LogP contribution in [0.3, 0.4) is 0 Å². The Hall–Kier alpha value is -0.120. The minimum absolute atomic E-state index is 0.373. The van der Waals surface area contributed by atoms with E-state index >= 15 is 0 Å². The lowest BCUT2D eigenvalue weighted by Crippen LogP contribution is -2.44. The van der Waals surface area contributed by atoms with E-state index in [4.69, 9.17) is 10.5 Å². The minimum Gasteiger partial charge on any atom is -0.380 e. The van der Waals surface area contributed by atoms with Gasteiger partial charge in [-0.25, -0.2) is 0 Å². The molecule has 0 bridgehead atoms. The molecule has 0 radical (unpaired) electrons. The number of nitrogens with zero attached hydrogens (tertiary/aromatic N) is 1. The van der Waals surface area contributed by atoms with Crippen LogP contribution in [0.4, 0.5) is 0 Å². The summed E-state index contributed by atoms with van der Waals surface area (Å²) in [6.45, 7) is 2.86. The summed E-state index contributed by atoms with van der Waals surface area (Å²) in [7, 11) is 2.19. The fraction of sp³-hybridized carbons (Fsp3) is 1.00. The number of rotatable bonds is 4. The highest BCUT2D eigenvalue weighted by atomic mass is 16.5. The van der Waals surface area contributed by atoms with Crippen molar-refractivity contribution in [2.75, 3.05) is 26.8 Å². The summed E-state index contributed by atoms with van der Waals surface area (Å²) in [6, 6.07) is 0.982. The molecule has 2 atom stereocenters. The zero-order valence-corrected chi connectivity index (χ0v) is 9.82. The van der Waals surface area contributed by atoms with Gasteiger partial charge < -0.3 is 10.5 Å². The number of hydrogen-bond donors (Lipinski definition) is 1. The molecule has 2 rings (SSSR count). The van der Waals surface area contributed by atoms with E-state index in [0.29, 0.717) is 12.1 Å². The fourth-order valence-electron chi connectivity index (χ4n) is 2.89. The van der Waals surface area contributed by atoms with E-state index < -0.39 is 0 Å². The van der Waals surface area contributed by atoms with Crippen molar-refractivity contribution < 1.29 is 4.74 Å². The van der Waals surface area contributed by atoms with Gasteiger partial charge in [-0.1, -0.05) is 12.8 Å². The maximum absolute atomic E-state index is 6.27. The molecule has 3 heteroatoms. The summed E-state index contributed by atoms with van der Waals surface area (Å²) < 4.78 is 5.40. The molecule has 1 heterocycles. The molecule has 2 fully saturated rings. The molecule has 1 aliphatic carbocycles. The number of ether oxygens (including phenoxy) is 1. The molecule has 0 aromatic heterocycles. The molecule has 1 saturated heterocycles. The van der Waals surface area contributed by atoms with Gasteiger partial charge in [-0.3, -0.25) is 4.90 Å². The van der Waals surface area contributed by atoms with Crippen molar-refractivity contribution in [1.29, 1.82) is 0 Å². The zero-order valence-electron chi connectivity index (χ0n) is 9.82. The summed E-state index contributed by atoms with van der Waals surface area (Å²) in [6.07, 6.45) is 6.63. The van der Waals surface area contributed by atoms with E-state index in [1.165, 1.54) is 32.1 Å². The third-order valence-electron chi connectivity index (χ3n) is 4.03. The van der Waals surface area contributed by atoms with Crippen LogP contribution in [0.25, 0.3) is 0 Å². The van der Waals surface area contributed by atoms with Gasteiger partial charge in [0.15, 0.2) is 0 Å². The van der Waals surface area contributed by atoms with Gasteiger partial charge in [-0.05, 0) is 32.2 Å². The smallest absolute Gasteiger partial charge is 0.0622 e. The first kappa shape index (κ1) is 11.4. The maximum atomic E-state index is 6.27. The highest BCUT2D eigenvalue weighted by Crippen LogP contribution is 2.27. The first-order chi connectivity index (χ1) is 7.27. The van der Waals surface area contributed by atoms with Crippen LogP contribution >= 0.6 is 0 Å². The van der Waals surface area contributed by atoms with E-state index in [9.17, 15) is 0 Å². The van der Waals surface area contributed by atoms with Crippen LogP contribution in [0.5, 0.6) is 0 Å². The van der Waals surface area contributed by atoms with E-state index in [1.807, 2.05) is 0 Å². The molecule has 3 nitrogen and oxygen atoms in total. The van der Waals surface area contributed by atoms with Crippen LogP contribution in [0.15, 0.2) is 0 Å². The summed E-state index contributed by atoms with van der Waals surface area (Å²) in [4.78, 5) is 2.40. The highest BCUT2D eigenvalue weighted by Gasteiger charge is 2.26. The van der Waals surface area contributed by atoms with Gasteiger partial charge in [0.05, 0.1) is 6.61 Å². The molecular formula is C12H24N2O. The zero-order chi connectivity index (χ0) is 10.7. The number of hydrogen-bond acceptors (Lipinski definition) is 3. The monoisotopic (exact) mass is 212 g/mol.